The summed E-state index contributed by atoms with van der Waals surface area (Å²) in [6, 6.07) is 14.6. The number of hydrogen-bond acceptors (Lipinski definition) is 5. The van der Waals surface area contributed by atoms with E-state index in [1.54, 1.807) is 36.1 Å². The lowest BCUT2D eigenvalue weighted by Gasteiger charge is -2.16. The molecule has 1 saturated heterocycles. The van der Waals surface area contributed by atoms with Gasteiger partial charge >= 0.3 is 5.97 Å². The van der Waals surface area contributed by atoms with Crippen LogP contribution in [0.25, 0.3) is 6.08 Å². The lowest BCUT2D eigenvalue weighted by Crippen LogP contribution is -2.28. The molecule has 1 amide bonds. The summed E-state index contributed by atoms with van der Waals surface area (Å²) in [7, 11) is 0. The number of carbonyl (C=O) groups excluding carboxylic acids is 1. The van der Waals surface area contributed by atoms with E-state index in [9.17, 15) is 9.59 Å². The number of thioether (sulfide) groups is 1. The van der Waals surface area contributed by atoms with E-state index in [0.29, 0.717) is 21.4 Å². The minimum Gasteiger partial charge on any atom is -0.479 e. The van der Waals surface area contributed by atoms with Crippen LogP contribution in [-0.2, 0) is 9.59 Å². The van der Waals surface area contributed by atoms with Crippen molar-refractivity contribution in [2.45, 2.75) is 26.4 Å². The molecule has 0 saturated carbocycles. The second kappa shape index (κ2) is 8.58. The molecule has 0 aromatic heterocycles. The second-order valence-electron chi connectivity index (χ2n) is 6.23. The fourth-order valence-corrected chi connectivity index (χ4v) is 4.08. The molecule has 144 valence electrons. The number of carboxylic acids is 1. The van der Waals surface area contributed by atoms with Gasteiger partial charge < -0.3 is 9.84 Å². The maximum atomic E-state index is 12.9. The molecule has 2 aromatic rings. The van der Waals surface area contributed by atoms with Gasteiger partial charge in [0, 0.05) is 0 Å². The lowest BCUT2D eigenvalue weighted by atomic mass is 10.1. The Balaban J connectivity index is 1.85. The van der Waals surface area contributed by atoms with Crippen molar-refractivity contribution in [1.29, 1.82) is 0 Å². The summed E-state index contributed by atoms with van der Waals surface area (Å²) in [6.45, 7) is 3.69. The number of benzene rings is 2. The van der Waals surface area contributed by atoms with Crippen LogP contribution in [0.5, 0.6) is 5.75 Å². The van der Waals surface area contributed by atoms with Crippen molar-refractivity contribution in [2.75, 3.05) is 4.90 Å². The predicted molar refractivity (Wildman–Crippen MR) is 116 cm³/mol. The molecular formula is C21H19NO4S2. The Kier molecular flexibility index (Phi) is 6.16. The van der Waals surface area contributed by atoms with Gasteiger partial charge in [-0.25, -0.2) is 4.79 Å². The van der Waals surface area contributed by atoms with E-state index in [-0.39, 0.29) is 5.91 Å². The fourth-order valence-electron chi connectivity index (χ4n) is 2.79. The SMILES string of the molecule is CCC(Oc1cccc(/C=C2/SC(=S)N(c3ccccc3C)C2=O)c1)C(=O)O. The number of ether oxygens (including phenoxy) is 1. The highest BCUT2D eigenvalue weighted by molar-refractivity contribution is 8.27. The number of carbonyl (C=O) groups is 2. The van der Waals surface area contributed by atoms with Crippen molar-refractivity contribution < 1.29 is 19.4 Å². The molecule has 1 unspecified atom stereocenters. The molecule has 1 heterocycles. The highest BCUT2D eigenvalue weighted by Crippen LogP contribution is 2.37. The van der Waals surface area contributed by atoms with Crippen molar-refractivity contribution in [3.8, 4) is 5.75 Å². The summed E-state index contributed by atoms with van der Waals surface area (Å²) in [4.78, 5) is 26.1. The van der Waals surface area contributed by atoms with E-state index in [1.807, 2.05) is 37.3 Å². The number of amides is 1. The third kappa shape index (κ3) is 4.26. The molecule has 28 heavy (non-hydrogen) atoms. The smallest absolute Gasteiger partial charge is 0.344 e. The van der Waals surface area contributed by atoms with Crippen molar-refractivity contribution in [2.24, 2.45) is 0 Å². The molecule has 1 N–H and O–H groups in total. The first kappa shape index (κ1) is 20.1. The molecular weight excluding hydrogens is 394 g/mol. The summed E-state index contributed by atoms with van der Waals surface area (Å²) < 4.78 is 6.01. The Labute approximate surface area is 173 Å². The van der Waals surface area contributed by atoms with Crippen LogP contribution in [0.1, 0.15) is 24.5 Å². The average molecular weight is 414 g/mol. The summed E-state index contributed by atoms with van der Waals surface area (Å²) in [6.07, 6.45) is 1.19. The third-order valence-electron chi connectivity index (χ3n) is 4.23. The first-order chi connectivity index (χ1) is 13.4. The van der Waals surface area contributed by atoms with Gasteiger partial charge in [-0.05, 0) is 48.7 Å². The van der Waals surface area contributed by atoms with Gasteiger partial charge in [0.05, 0.1) is 10.6 Å². The van der Waals surface area contributed by atoms with Gasteiger partial charge in [-0.3, -0.25) is 9.69 Å². The standard InChI is InChI=1S/C21H19NO4S2/c1-3-17(20(24)25)26-15-9-6-8-14(11-15)12-18-19(23)22(21(27)28-18)16-10-5-4-7-13(16)2/h4-12,17H,3H2,1-2H3,(H,24,25)/b18-12+. The normalized spacial score (nSPS) is 16.5. The zero-order valence-electron chi connectivity index (χ0n) is 15.4. The maximum Gasteiger partial charge on any atom is 0.344 e. The summed E-state index contributed by atoms with van der Waals surface area (Å²) in [5.41, 5.74) is 2.48. The van der Waals surface area contributed by atoms with Crippen LogP contribution in [-0.4, -0.2) is 27.4 Å². The Morgan fingerprint density at radius 1 is 1.29 bits per heavy atom. The topological polar surface area (TPSA) is 66.8 Å². The molecule has 0 radical (unpaired) electrons. The first-order valence-electron chi connectivity index (χ1n) is 8.73. The van der Waals surface area contributed by atoms with Crippen LogP contribution >= 0.6 is 24.0 Å². The molecule has 1 atom stereocenters. The number of anilines is 1. The van der Waals surface area contributed by atoms with E-state index >= 15 is 0 Å². The van der Waals surface area contributed by atoms with E-state index in [1.165, 1.54) is 11.8 Å². The van der Waals surface area contributed by atoms with Gasteiger partial charge in [-0.1, -0.05) is 61.2 Å². The van der Waals surface area contributed by atoms with Crippen LogP contribution in [0.2, 0.25) is 0 Å². The number of aliphatic carboxylic acids is 1. The second-order valence-corrected chi connectivity index (χ2v) is 7.90. The minimum atomic E-state index is -1.01. The molecule has 0 aliphatic carbocycles. The average Bonchev–Trinajstić information content (AvgIpc) is 2.93. The summed E-state index contributed by atoms with van der Waals surface area (Å²) in [5, 5.41) is 9.15. The molecule has 1 fully saturated rings. The van der Waals surface area contributed by atoms with Crippen LogP contribution in [0.4, 0.5) is 5.69 Å². The van der Waals surface area contributed by atoms with Gasteiger partial charge in [0.25, 0.3) is 5.91 Å². The first-order valence-corrected chi connectivity index (χ1v) is 9.96. The highest BCUT2D eigenvalue weighted by Gasteiger charge is 2.33. The zero-order valence-corrected chi connectivity index (χ0v) is 17.0. The van der Waals surface area contributed by atoms with Crippen molar-refractivity contribution >= 4 is 51.9 Å². The molecule has 3 rings (SSSR count). The van der Waals surface area contributed by atoms with Crippen molar-refractivity contribution in [3.05, 3.63) is 64.6 Å². The van der Waals surface area contributed by atoms with Gasteiger partial charge in [-0.2, -0.15) is 0 Å². The molecule has 2 aromatic carbocycles. The van der Waals surface area contributed by atoms with Gasteiger partial charge in [0.15, 0.2) is 10.4 Å². The maximum absolute atomic E-state index is 12.9. The fraction of sp³-hybridized carbons (Fsp3) is 0.190. The molecule has 5 nitrogen and oxygen atoms in total. The lowest BCUT2D eigenvalue weighted by molar-refractivity contribution is -0.145. The number of para-hydroxylation sites is 1. The minimum absolute atomic E-state index is 0.174. The van der Waals surface area contributed by atoms with E-state index in [4.69, 9.17) is 22.1 Å². The van der Waals surface area contributed by atoms with Crippen LogP contribution in [0, 0.1) is 6.92 Å². The van der Waals surface area contributed by atoms with Gasteiger partial charge in [0.1, 0.15) is 5.75 Å². The predicted octanol–water partition coefficient (Wildman–Crippen LogP) is 4.64. The quantitative estimate of drug-likeness (QED) is 0.550. The number of carboxylic acid groups (broad SMARTS) is 1. The third-order valence-corrected chi connectivity index (χ3v) is 5.53. The number of rotatable bonds is 6. The van der Waals surface area contributed by atoms with E-state index in [0.717, 1.165) is 16.8 Å². The Bertz CT molecular complexity index is 970. The number of aryl methyl sites for hydroxylation is 1. The largest absolute Gasteiger partial charge is 0.479 e. The number of nitrogens with zero attached hydrogens (tertiary/aromatic N) is 1. The van der Waals surface area contributed by atoms with Crippen LogP contribution in [0.15, 0.2) is 53.4 Å². The van der Waals surface area contributed by atoms with Crippen LogP contribution < -0.4 is 9.64 Å². The molecule has 7 heteroatoms. The molecule has 0 bridgehead atoms. The van der Waals surface area contributed by atoms with Crippen LogP contribution in [0.3, 0.4) is 0 Å². The highest BCUT2D eigenvalue weighted by atomic mass is 32.2. The number of hydrogen-bond donors (Lipinski definition) is 1. The Morgan fingerprint density at radius 3 is 2.71 bits per heavy atom. The monoisotopic (exact) mass is 413 g/mol. The summed E-state index contributed by atoms with van der Waals surface area (Å²) in [5.74, 6) is -0.739. The van der Waals surface area contributed by atoms with Gasteiger partial charge in [-0.15, -0.1) is 0 Å². The molecule has 1 aliphatic heterocycles. The van der Waals surface area contributed by atoms with Crippen molar-refractivity contribution in [1.82, 2.24) is 0 Å². The Morgan fingerprint density at radius 2 is 2.04 bits per heavy atom. The Hall–Kier alpha value is -2.64. The van der Waals surface area contributed by atoms with E-state index in [2.05, 4.69) is 0 Å². The molecule has 0 spiro atoms. The van der Waals surface area contributed by atoms with Crippen molar-refractivity contribution in [3.63, 3.8) is 0 Å². The molecule has 1 aliphatic rings. The summed E-state index contributed by atoms with van der Waals surface area (Å²) >= 11 is 6.66. The number of thiocarbonyl (C=S) groups is 1. The van der Waals surface area contributed by atoms with Gasteiger partial charge in [0.2, 0.25) is 0 Å². The van der Waals surface area contributed by atoms with E-state index < -0.39 is 12.1 Å². The zero-order chi connectivity index (χ0) is 20.3.